The fourth-order valence-corrected chi connectivity index (χ4v) is 1.15. The van der Waals surface area contributed by atoms with Gasteiger partial charge < -0.3 is 0 Å². The van der Waals surface area contributed by atoms with Crippen molar-refractivity contribution < 1.29 is 39.5 Å². The molecule has 2 unspecified atom stereocenters. The van der Waals surface area contributed by atoms with Crippen LogP contribution < -0.4 is 0 Å². The highest BCUT2D eigenvalue weighted by atomic mass is 35.5. The lowest BCUT2D eigenvalue weighted by Gasteiger charge is -2.36. The number of hydrogen-bond donors (Lipinski definition) is 0. The van der Waals surface area contributed by atoms with Gasteiger partial charge in [-0.2, -0.15) is 26.3 Å². The Labute approximate surface area is 107 Å². The first-order chi connectivity index (χ1) is 8.37. The van der Waals surface area contributed by atoms with Gasteiger partial charge >= 0.3 is 17.8 Å². The van der Waals surface area contributed by atoms with Crippen molar-refractivity contribution in [3.05, 3.63) is 11.4 Å². The van der Waals surface area contributed by atoms with Crippen LogP contribution in [0.4, 0.5) is 39.5 Å². The van der Waals surface area contributed by atoms with E-state index in [1.54, 1.807) is 0 Å². The largest absolute Gasteiger partial charge is 0.375 e. The Morgan fingerprint density at radius 3 is 1.84 bits per heavy atom. The van der Waals surface area contributed by atoms with Crippen LogP contribution in [-0.2, 0) is 0 Å². The van der Waals surface area contributed by atoms with Crippen LogP contribution in [0, 0.1) is 5.92 Å². The predicted molar refractivity (Wildman–Crippen MR) is 49.9 cm³/mol. The summed E-state index contributed by atoms with van der Waals surface area (Å²) in [6.45, 7) is -1.80. The summed E-state index contributed by atoms with van der Waals surface area (Å²) in [6, 6.07) is 0. The highest BCUT2D eigenvalue weighted by Crippen LogP contribution is 2.52. The summed E-state index contributed by atoms with van der Waals surface area (Å²) >= 11 is 4.55. The van der Waals surface area contributed by atoms with Crippen LogP contribution >= 0.6 is 11.6 Å². The lowest BCUT2D eigenvalue weighted by Crippen LogP contribution is -2.61. The van der Waals surface area contributed by atoms with E-state index in [2.05, 4.69) is 11.6 Å². The molecule has 0 fully saturated rings. The Morgan fingerprint density at radius 2 is 1.53 bits per heavy atom. The summed E-state index contributed by atoms with van der Waals surface area (Å²) in [5.41, 5.74) is 0. The topological polar surface area (TPSA) is 0 Å². The molecule has 0 aliphatic carbocycles. The zero-order chi connectivity index (χ0) is 15.6. The Morgan fingerprint density at radius 1 is 1.11 bits per heavy atom. The van der Waals surface area contributed by atoms with E-state index in [1.165, 1.54) is 0 Å². The summed E-state index contributed by atoms with van der Waals surface area (Å²) < 4.78 is 115. The molecule has 10 heteroatoms. The molecule has 0 N–H and O–H groups in total. The van der Waals surface area contributed by atoms with E-state index in [-0.39, 0.29) is 6.92 Å². The van der Waals surface area contributed by atoms with E-state index in [4.69, 9.17) is 0 Å². The van der Waals surface area contributed by atoms with Crippen molar-refractivity contribution in [1.82, 2.24) is 0 Å². The van der Waals surface area contributed by atoms with Crippen LogP contribution in [0.3, 0.4) is 0 Å². The third kappa shape index (κ3) is 2.95. The van der Waals surface area contributed by atoms with Gasteiger partial charge in [0.15, 0.2) is 0 Å². The molecule has 0 radical (unpaired) electrons. The summed E-state index contributed by atoms with van der Waals surface area (Å²) in [4.78, 5) is 0. The third-order valence-electron chi connectivity index (χ3n) is 2.35. The number of alkyl halides is 8. The maximum atomic E-state index is 13.0. The van der Waals surface area contributed by atoms with Gasteiger partial charge in [-0.25, -0.2) is 8.78 Å². The minimum atomic E-state index is -6.26. The first kappa shape index (κ1) is 18.4. The molecule has 0 rings (SSSR count). The molecule has 0 aromatic rings. The Bertz CT molecular complexity index is 339. The number of rotatable bonds is 6. The molecule has 0 nitrogen and oxygen atoms in total. The first-order valence-electron chi connectivity index (χ1n) is 4.67. The minimum absolute atomic E-state index is 0.240. The van der Waals surface area contributed by atoms with Gasteiger partial charge in [0.2, 0.25) is 6.17 Å². The van der Waals surface area contributed by atoms with E-state index in [9.17, 15) is 39.5 Å². The first-order valence-corrected chi connectivity index (χ1v) is 5.04. The quantitative estimate of drug-likeness (QED) is 0.611. The molecular formula is C9H8ClF9. The van der Waals surface area contributed by atoms with Gasteiger partial charge in [-0.1, -0.05) is 18.5 Å². The summed E-state index contributed by atoms with van der Waals surface area (Å²) in [5, 5.41) is -2.01. The van der Waals surface area contributed by atoms with Crippen LogP contribution in [0.2, 0.25) is 0 Å². The fourth-order valence-electron chi connectivity index (χ4n) is 1.02. The van der Waals surface area contributed by atoms with Crippen molar-refractivity contribution in [1.29, 1.82) is 0 Å². The van der Waals surface area contributed by atoms with Gasteiger partial charge in [0, 0.05) is 0 Å². The third-order valence-corrected chi connectivity index (χ3v) is 2.63. The predicted octanol–water partition coefficient (Wildman–Crippen LogP) is 4.89. The van der Waals surface area contributed by atoms with Crippen LogP contribution in [0.25, 0.3) is 0 Å². The van der Waals surface area contributed by atoms with Gasteiger partial charge in [-0.15, -0.1) is 0 Å². The van der Waals surface area contributed by atoms with E-state index in [0.29, 0.717) is 0 Å². The lowest BCUT2D eigenvalue weighted by molar-refractivity contribution is -0.334. The van der Waals surface area contributed by atoms with Crippen molar-refractivity contribution in [3.63, 3.8) is 0 Å². The molecule has 0 heterocycles. The van der Waals surface area contributed by atoms with E-state index in [1.807, 2.05) is 0 Å². The van der Waals surface area contributed by atoms with Crippen molar-refractivity contribution in [2.24, 2.45) is 5.92 Å². The van der Waals surface area contributed by atoms with Crippen molar-refractivity contribution in [2.45, 2.75) is 30.9 Å². The van der Waals surface area contributed by atoms with Gasteiger partial charge in [-0.3, -0.25) is 4.39 Å². The average Bonchev–Trinajstić information content (AvgIpc) is 2.34. The van der Waals surface area contributed by atoms with E-state index >= 15 is 0 Å². The molecule has 19 heavy (non-hydrogen) atoms. The summed E-state index contributed by atoms with van der Waals surface area (Å²) in [5.74, 6) is -20.6. The minimum Gasteiger partial charge on any atom is -0.251 e. The molecule has 0 saturated carbocycles. The maximum absolute atomic E-state index is 13.0. The van der Waals surface area contributed by atoms with Crippen LogP contribution in [0.15, 0.2) is 11.4 Å². The van der Waals surface area contributed by atoms with Gasteiger partial charge in [0.25, 0.3) is 0 Å². The van der Waals surface area contributed by atoms with Crippen LogP contribution in [0.5, 0.6) is 0 Å². The highest BCUT2D eigenvalue weighted by Gasteiger charge is 2.76. The van der Waals surface area contributed by atoms with Crippen molar-refractivity contribution in [2.75, 3.05) is 6.67 Å². The molecule has 0 aromatic heterocycles. The number of halogens is 10. The Kier molecular flexibility index (Phi) is 5.62. The van der Waals surface area contributed by atoms with Crippen LogP contribution in [-0.4, -0.2) is 30.6 Å². The van der Waals surface area contributed by atoms with E-state index < -0.39 is 47.9 Å². The van der Waals surface area contributed by atoms with Gasteiger partial charge in [-0.05, 0) is 0 Å². The zero-order valence-corrected chi connectivity index (χ0v) is 9.97. The van der Waals surface area contributed by atoms with Crippen molar-refractivity contribution >= 4 is 11.6 Å². The number of allylic oxidation sites excluding steroid dienone is 1. The highest BCUT2D eigenvalue weighted by molar-refractivity contribution is 6.30. The van der Waals surface area contributed by atoms with Gasteiger partial charge in [0.1, 0.15) is 6.33 Å². The molecule has 0 aliphatic heterocycles. The number of hydrogen-bond acceptors (Lipinski definition) is 0. The molecule has 0 bridgehead atoms. The SMILES string of the molecule is CC(CF)C(F)(F)C(F)(F)C(F)(F)C(F)C(Cl)=CF. The molecule has 0 amide bonds. The smallest absolute Gasteiger partial charge is 0.251 e. The summed E-state index contributed by atoms with van der Waals surface area (Å²) in [6.07, 6.45) is -5.15. The molecular weight excluding hydrogens is 315 g/mol. The molecule has 0 spiro atoms. The van der Waals surface area contributed by atoms with Crippen molar-refractivity contribution in [3.8, 4) is 0 Å². The molecule has 0 aliphatic rings. The lowest BCUT2D eigenvalue weighted by atomic mass is 9.92. The summed E-state index contributed by atoms with van der Waals surface area (Å²) in [7, 11) is 0. The molecule has 0 aromatic carbocycles. The fraction of sp³-hybridized carbons (Fsp3) is 0.778. The average molecular weight is 323 g/mol. The Balaban J connectivity index is 5.62. The zero-order valence-electron chi connectivity index (χ0n) is 9.22. The monoisotopic (exact) mass is 322 g/mol. The normalized spacial score (nSPS) is 18.4. The van der Waals surface area contributed by atoms with Gasteiger partial charge in [0.05, 0.1) is 17.6 Å². The maximum Gasteiger partial charge on any atom is 0.375 e. The van der Waals surface area contributed by atoms with E-state index in [0.717, 1.165) is 0 Å². The molecule has 2 atom stereocenters. The Hall–Kier alpha value is -0.600. The molecule has 0 saturated heterocycles. The molecule has 114 valence electrons. The second-order valence-corrected chi connectivity index (χ2v) is 4.17. The second-order valence-electron chi connectivity index (χ2n) is 3.73. The standard InChI is InChI=1S/C9H8ClF9/c1-4(2-11)7(14,15)9(18,19)8(16,17)6(13)5(10)3-12/h3-4,6H,2H2,1H3. The van der Waals surface area contributed by atoms with Crippen LogP contribution in [0.1, 0.15) is 6.92 Å². The second kappa shape index (κ2) is 5.80.